The summed E-state index contributed by atoms with van der Waals surface area (Å²) in [5.74, 6) is 0. The fourth-order valence-electron chi connectivity index (χ4n) is 4.25. The fraction of sp³-hybridized carbons (Fsp3) is 0.625. The van der Waals surface area contributed by atoms with Gasteiger partial charge in [-0.15, -0.1) is 0 Å². The molecule has 7 heteroatoms. The van der Waals surface area contributed by atoms with Gasteiger partial charge < -0.3 is 9.64 Å². The van der Waals surface area contributed by atoms with Gasteiger partial charge >= 0.3 is 0 Å². The Morgan fingerprint density at radius 2 is 1.91 bits per heavy atom. The van der Waals surface area contributed by atoms with Crippen LogP contribution in [0.2, 0.25) is 0 Å². The molecule has 126 valence electrons. The maximum absolute atomic E-state index is 12.8. The normalized spacial score (nSPS) is 29.2. The van der Waals surface area contributed by atoms with Gasteiger partial charge in [0, 0.05) is 38.8 Å². The largest absolute Gasteiger partial charge is 0.378 e. The zero-order valence-electron chi connectivity index (χ0n) is 13.4. The van der Waals surface area contributed by atoms with E-state index >= 15 is 0 Å². The highest BCUT2D eigenvalue weighted by Crippen LogP contribution is 2.37. The Hall–Kier alpha value is -0.990. The molecule has 0 radical (unpaired) electrons. The van der Waals surface area contributed by atoms with E-state index in [1.165, 1.54) is 0 Å². The van der Waals surface area contributed by atoms with E-state index in [4.69, 9.17) is 4.74 Å². The predicted molar refractivity (Wildman–Crippen MR) is 86.7 cm³/mol. The predicted octanol–water partition coefficient (Wildman–Crippen LogP) is 0.0759. The summed E-state index contributed by atoms with van der Waals surface area (Å²) in [5, 5.41) is 0. The molecule has 3 heterocycles. The summed E-state index contributed by atoms with van der Waals surface area (Å²) in [6, 6.07) is 9.11. The lowest BCUT2D eigenvalue weighted by molar-refractivity contribution is -0.144. The summed E-state index contributed by atoms with van der Waals surface area (Å²) in [4.78, 5) is 5.19. The van der Waals surface area contributed by atoms with Crippen molar-refractivity contribution in [2.24, 2.45) is 0 Å². The Morgan fingerprint density at radius 1 is 1.17 bits per heavy atom. The molecule has 0 aliphatic carbocycles. The Morgan fingerprint density at radius 3 is 2.65 bits per heavy atom. The molecule has 3 fully saturated rings. The van der Waals surface area contributed by atoms with Crippen molar-refractivity contribution in [2.45, 2.75) is 16.5 Å². The fourth-order valence-corrected chi connectivity index (χ4v) is 5.87. The first-order chi connectivity index (χ1) is 11.0. The summed E-state index contributed by atoms with van der Waals surface area (Å²) in [7, 11) is -1.26. The average molecular weight is 337 g/mol. The molecular weight excluding hydrogens is 314 g/mol. The molecule has 1 spiro atoms. The van der Waals surface area contributed by atoms with Crippen LogP contribution in [-0.2, 0) is 14.8 Å². The van der Waals surface area contributed by atoms with E-state index in [1.807, 2.05) is 6.07 Å². The minimum atomic E-state index is -3.38. The van der Waals surface area contributed by atoms with Gasteiger partial charge in [-0.2, -0.15) is 4.31 Å². The molecule has 0 amide bonds. The SMILES string of the molecule is CN1CC2COCCN2C2(C1)CN(S(=O)(=O)c1ccccc1)C2. The van der Waals surface area contributed by atoms with Crippen LogP contribution in [0.3, 0.4) is 0 Å². The van der Waals surface area contributed by atoms with Crippen LogP contribution < -0.4 is 0 Å². The number of morpholine rings is 1. The Balaban J connectivity index is 1.55. The number of hydrogen-bond acceptors (Lipinski definition) is 5. The molecule has 3 aliphatic heterocycles. The number of ether oxygens (including phenoxy) is 1. The number of nitrogens with zero attached hydrogens (tertiary/aromatic N) is 3. The summed E-state index contributed by atoms with van der Waals surface area (Å²) in [5.41, 5.74) is -0.0523. The van der Waals surface area contributed by atoms with Crippen LogP contribution in [-0.4, -0.2) is 87.1 Å². The highest BCUT2D eigenvalue weighted by Gasteiger charge is 2.56. The summed E-state index contributed by atoms with van der Waals surface area (Å²) >= 11 is 0. The van der Waals surface area contributed by atoms with E-state index in [1.54, 1.807) is 28.6 Å². The second kappa shape index (κ2) is 5.53. The third kappa shape index (κ3) is 2.51. The van der Waals surface area contributed by atoms with Gasteiger partial charge in [0.05, 0.1) is 23.6 Å². The molecule has 6 nitrogen and oxygen atoms in total. The van der Waals surface area contributed by atoms with Crippen molar-refractivity contribution in [3.8, 4) is 0 Å². The number of likely N-dealkylation sites (N-methyl/N-ethyl adjacent to an activating group) is 1. The first kappa shape index (κ1) is 15.5. The van der Waals surface area contributed by atoms with Crippen molar-refractivity contribution in [1.29, 1.82) is 0 Å². The Bertz CT molecular complexity index is 673. The maximum Gasteiger partial charge on any atom is 0.243 e. The minimum Gasteiger partial charge on any atom is -0.378 e. The van der Waals surface area contributed by atoms with Gasteiger partial charge in [-0.1, -0.05) is 18.2 Å². The van der Waals surface area contributed by atoms with Crippen molar-refractivity contribution >= 4 is 10.0 Å². The first-order valence-corrected chi connectivity index (χ1v) is 9.54. The molecule has 1 aromatic carbocycles. The average Bonchev–Trinajstić information content (AvgIpc) is 2.52. The second-order valence-electron chi connectivity index (χ2n) is 6.93. The third-order valence-electron chi connectivity index (χ3n) is 5.25. The molecule has 3 aliphatic rings. The molecule has 23 heavy (non-hydrogen) atoms. The quantitative estimate of drug-likeness (QED) is 0.765. The van der Waals surface area contributed by atoms with Crippen LogP contribution in [0.5, 0.6) is 0 Å². The van der Waals surface area contributed by atoms with E-state index in [0.717, 1.165) is 32.8 Å². The third-order valence-corrected chi connectivity index (χ3v) is 7.05. The first-order valence-electron chi connectivity index (χ1n) is 8.10. The summed E-state index contributed by atoms with van der Waals surface area (Å²) in [6.45, 7) is 5.45. The number of piperazine rings is 1. The Kier molecular flexibility index (Phi) is 3.73. The van der Waals surface area contributed by atoms with E-state index in [2.05, 4.69) is 16.8 Å². The lowest BCUT2D eigenvalue weighted by atomic mass is 9.85. The van der Waals surface area contributed by atoms with Gasteiger partial charge in [-0.25, -0.2) is 8.42 Å². The van der Waals surface area contributed by atoms with Crippen LogP contribution in [0, 0.1) is 0 Å². The van der Waals surface area contributed by atoms with E-state index in [9.17, 15) is 8.42 Å². The van der Waals surface area contributed by atoms with Crippen molar-refractivity contribution in [3.05, 3.63) is 30.3 Å². The van der Waals surface area contributed by atoms with Crippen LogP contribution in [0.25, 0.3) is 0 Å². The monoisotopic (exact) mass is 337 g/mol. The van der Waals surface area contributed by atoms with Crippen LogP contribution in [0.1, 0.15) is 0 Å². The zero-order valence-corrected chi connectivity index (χ0v) is 14.2. The van der Waals surface area contributed by atoms with Gasteiger partial charge in [0.15, 0.2) is 0 Å². The molecular formula is C16H23N3O3S. The summed E-state index contributed by atoms with van der Waals surface area (Å²) < 4.78 is 32.7. The van der Waals surface area contributed by atoms with Crippen LogP contribution >= 0.6 is 0 Å². The van der Waals surface area contributed by atoms with Crippen molar-refractivity contribution < 1.29 is 13.2 Å². The van der Waals surface area contributed by atoms with Crippen molar-refractivity contribution in [3.63, 3.8) is 0 Å². The van der Waals surface area contributed by atoms with Crippen LogP contribution in [0.15, 0.2) is 35.2 Å². The van der Waals surface area contributed by atoms with Crippen molar-refractivity contribution in [1.82, 2.24) is 14.1 Å². The zero-order chi connectivity index (χ0) is 16.1. The van der Waals surface area contributed by atoms with E-state index < -0.39 is 10.0 Å². The number of sulfonamides is 1. The molecule has 1 aromatic rings. The van der Waals surface area contributed by atoms with Gasteiger partial charge in [-0.3, -0.25) is 4.90 Å². The lowest BCUT2D eigenvalue weighted by Crippen LogP contribution is -2.80. The molecule has 1 unspecified atom stereocenters. The highest BCUT2D eigenvalue weighted by atomic mass is 32.2. The highest BCUT2D eigenvalue weighted by molar-refractivity contribution is 7.89. The standard InChI is InChI=1S/C16H23N3O3S/c1-17-9-14-10-22-8-7-19(14)16(11-17)12-18(13-16)23(20,21)15-5-3-2-4-6-15/h2-6,14H,7-13H2,1H3. The molecule has 0 saturated carbocycles. The summed E-state index contributed by atoms with van der Waals surface area (Å²) in [6.07, 6.45) is 0. The van der Waals surface area contributed by atoms with E-state index in [0.29, 0.717) is 24.0 Å². The molecule has 0 bridgehead atoms. The van der Waals surface area contributed by atoms with Crippen molar-refractivity contribution in [2.75, 3.05) is 53.0 Å². The molecule has 3 saturated heterocycles. The second-order valence-corrected chi connectivity index (χ2v) is 8.87. The Labute approximate surface area is 137 Å². The minimum absolute atomic E-state index is 0.0523. The topological polar surface area (TPSA) is 53.1 Å². The van der Waals surface area contributed by atoms with Gasteiger partial charge in [0.25, 0.3) is 0 Å². The molecule has 0 aromatic heterocycles. The molecule has 4 rings (SSSR count). The van der Waals surface area contributed by atoms with Gasteiger partial charge in [0.1, 0.15) is 0 Å². The van der Waals surface area contributed by atoms with Gasteiger partial charge in [-0.05, 0) is 19.2 Å². The molecule has 1 atom stereocenters. The number of benzene rings is 1. The van der Waals surface area contributed by atoms with Crippen LogP contribution in [0.4, 0.5) is 0 Å². The number of fused-ring (bicyclic) bond motifs is 2. The smallest absolute Gasteiger partial charge is 0.243 e. The lowest BCUT2D eigenvalue weighted by Gasteiger charge is -2.62. The maximum atomic E-state index is 12.8. The van der Waals surface area contributed by atoms with Gasteiger partial charge in [0.2, 0.25) is 10.0 Å². The molecule has 0 N–H and O–H groups in total. The van der Waals surface area contributed by atoms with E-state index in [-0.39, 0.29) is 5.54 Å². The number of rotatable bonds is 2. The number of hydrogen-bond donors (Lipinski definition) is 0.